The van der Waals surface area contributed by atoms with Gasteiger partial charge in [-0.3, -0.25) is 19.3 Å². The Bertz CT molecular complexity index is 639. The molecule has 1 unspecified atom stereocenters. The van der Waals surface area contributed by atoms with Gasteiger partial charge in [-0.15, -0.1) is 0 Å². The first-order valence-electron chi connectivity index (χ1n) is 9.11. The van der Waals surface area contributed by atoms with Crippen molar-refractivity contribution in [2.24, 2.45) is 0 Å². The molecule has 0 bridgehead atoms. The minimum atomic E-state index is -0.617. The van der Waals surface area contributed by atoms with Crippen LogP contribution in [0, 0.1) is 0 Å². The number of likely N-dealkylation sites (tertiary alicyclic amines) is 1. The Labute approximate surface area is 152 Å². The summed E-state index contributed by atoms with van der Waals surface area (Å²) in [5.41, 5.74) is 0. The Morgan fingerprint density at radius 3 is 2.62 bits per heavy atom. The van der Waals surface area contributed by atoms with Gasteiger partial charge in [-0.2, -0.15) is 0 Å². The molecule has 1 atom stereocenters. The van der Waals surface area contributed by atoms with E-state index < -0.39 is 6.04 Å². The highest BCUT2D eigenvalue weighted by Gasteiger charge is 2.39. The lowest BCUT2D eigenvalue weighted by atomic mass is 10.1. The van der Waals surface area contributed by atoms with Gasteiger partial charge in [0.05, 0.1) is 19.4 Å². The van der Waals surface area contributed by atoms with Gasteiger partial charge in [0.2, 0.25) is 5.91 Å². The molecule has 0 radical (unpaired) electrons. The maximum absolute atomic E-state index is 13.0. The quantitative estimate of drug-likeness (QED) is 0.712. The first-order valence-corrected chi connectivity index (χ1v) is 9.11. The normalized spacial score (nSPS) is 21.0. The molecule has 26 heavy (non-hydrogen) atoms. The summed E-state index contributed by atoms with van der Waals surface area (Å²) in [7, 11) is 0. The van der Waals surface area contributed by atoms with Crippen LogP contribution in [-0.2, 0) is 14.3 Å². The van der Waals surface area contributed by atoms with Crippen molar-refractivity contribution in [3.63, 3.8) is 0 Å². The lowest BCUT2D eigenvalue weighted by Gasteiger charge is -2.41. The van der Waals surface area contributed by atoms with Crippen LogP contribution < -0.4 is 0 Å². The number of amides is 2. The molecule has 2 aliphatic heterocycles. The van der Waals surface area contributed by atoms with Crippen molar-refractivity contribution in [3.8, 4) is 0 Å². The SMILES string of the molecule is CCOC(=O)CN1CCN(C(=O)c2ccco2)C(C(=O)N2CCCC2)C1. The number of hydrogen-bond acceptors (Lipinski definition) is 6. The van der Waals surface area contributed by atoms with E-state index in [1.54, 1.807) is 28.9 Å². The number of carbonyl (C=O) groups excluding carboxylic acids is 3. The smallest absolute Gasteiger partial charge is 0.320 e. The molecule has 8 nitrogen and oxygen atoms in total. The second-order valence-corrected chi connectivity index (χ2v) is 6.56. The molecule has 3 rings (SSSR count). The number of furan rings is 1. The minimum absolute atomic E-state index is 0.0593. The van der Waals surface area contributed by atoms with E-state index in [1.807, 2.05) is 4.90 Å². The number of carbonyl (C=O) groups is 3. The molecule has 2 amide bonds. The molecule has 0 N–H and O–H groups in total. The summed E-state index contributed by atoms with van der Waals surface area (Å²) in [4.78, 5) is 42.8. The summed E-state index contributed by atoms with van der Waals surface area (Å²) in [6.07, 6.45) is 3.41. The monoisotopic (exact) mass is 363 g/mol. The standard InChI is InChI=1S/C18H25N3O5/c1-2-25-16(22)13-19-9-10-21(18(24)15-6-5-11-26-15)14(12-19)17(23)20-7-3-4-8-20/h5-6,11,14H,2-4,7-10,12-13H2,1H3. The van der Waals surface area contributed by atoms with Crippen molar-refractivity contribution in [2.75, 3.05) is 45.9 Å². The van der Waals surface area contributed by atoms with E-state index in [4.69, 9.17) is 9.15 Å². The van der Waals surface area contributed by atoms with E-state index >= 15 is 0 Å². The van der Waals surface area contributed by atoms with Crippen LogP contribution in [0.1, 0.15) is 30.3 Å². The third kappa shape index (κ3) is 4.07. The van der Waals surface area contributed by atoms with E-state index in [0.717, 1.165) is 25.9 Å². The highest BCUT2D eigenvalue weighted by Crippen LogP contribution is 2.19. The maximum atomic E-state index is 13.0. The summed E-state index contributed by atoms with van der Waals surface area (Å²) >= 11 is 0. The molecule has 0 aromatic carbocycles. The summed E-state index contributed by atoms with van der Waals surface area (Å²) in [6.45, 7) is 4.84. The summed E-state index contributed by atoms with van der Waals surface area (Å²) in [5.74, 6) is -0.437. The van der Waals surface area contributed by atoms with Crippen LogP contribution in [0.25, 0.3) is 0 Å². The minimum Gasteiger partial charge on any atom is -0.465 e. The molecule has 2 aliphatic rings. The number of nitrogens with zero attached hydrogens (tertiary/aromatic N) is 3. The highest BCUT2D eigenvalue weighted by atomic mass is 16.5. The molecule has 1 aromatic heterocycles. The number of ether oxygens (including phenoxy) is 1. The van der Waals surface area contributed by atoms with Crippen molar-refractivity contribution in [1.82, 2.24) is 14.7 Å². The highest BCUT2D eigenvalue weighted by molar-refractivity contribution is 5.96. The van der Waals surface area contributed by atoms with E-state index in [1.165, 1.54) is 6.26 Å². The summed E-state index contributed by atoms with van der Waals surface area (Å²) < 4.78 is 10.2. The van der Waals surface area contributed by atoms with Crippen molar-refractivity contribution < 1.29 is 23.5 Å². The van der Waals surface area contributed by atoms with Gasteiger partial charge < -0.3 is 19.0 Å². The number of esters is 1. The summed E-state index contributed by atoms with van der Waals surface area (Å²) in [5, 5.41) is 0. The van der Waals surface area contributed by atoms with Gasteiger partial charge in [0, 0.05) is 32.7 Å². The van der Waals surface area contributed by atoms with Gasteiger partial charge in [-0.25, -0.2) is 0 Å². The Hall–Kier alpha value is -2.35. The van der Waals surface area contributed by atoms with E-state index in [0.29, 0.717) is 26.2 Å². The second-order valence-electron chi connectivity index (χ2n) is 6.56. The fraction of sp³-hybridized carbons (Fsp3) is 0.611. The molecule has 1 aromatic rings. The molecular formula is C18H25N3O5. The molecule has 0 saturated carbocycles. The topological polar surface area (TPSA) is 83.3 Å². The Balaban J connectivity index is 1.74. The molecule has 8 heteroatoms. The molecule has 0 aliphatic carbocycles. The predicted molar refractivity (Wildman–Crippen MR) is 92.4 cm³/mol. The Morgan fingerprint density at radius 2 is 1.96 bits per heavy atom. The van der Waals surface area contributed by atoms with E-state index in [-0.39, 0.29) is 30.1 Å². The number of hydrogen-bond donors (Lipinski definition) is 0. The van der Waals surface area contributed by atoms with Gasteiger partial charge in [0.1, 0.15) is 6.04 Å². The molecule has 3 heterocycles. The van der Waals surface area contributed by atoms with Gasteiger partial charge in [-0.1, -0.05) is 0 Å². The van der Waals surface area contributed by atoms with Crippen LogP contribution >= 0.6 is 0 Å². The van der Waals surface area contributed by atoms with Crippen LogP contribution in [0.15, 0.2) is 22.8 Å². The van der Waals surface area contributed by atoms with Crippen LogP contribution in [0.3, 0.4) is 0 Å². The zero-order valence-corrected chi connectivity index (χ0v) is 15.1. The zero-order valence-electron chi connectivity index (χ0n) is 15.1. The second kappa shape index (κ2) is 8.35. The molecule has 2 fully saturated rings. The Morgan fingerprint density at radius 1 is 1.19 bits per heavy atom. The number of piperazine rings is 1. The zero-order chi connectivity index (χ0) is 18.5. The van der Waals surface area contributed by atoms with E-state index in [2.05, 4.69) is 0 Å². The van der Waals surface area contributed by atoms with Crippen molar-refractivity contribution in [1.29, 1.82) is 0 Å². The lowest BCUT2D eigenvalue weighted by molar-refractivity contribution is -0.147. The average Bonchev–Trinajstić information content (AvgIpc) is 3.34. The largest absolute Gasteiger partial charge is 0.465 e. The number of rotatable bonds is 5. The van der Waals surface area contributed by atoms with Gasteiger partial charge in [0.25, 0.3) is 5.91 Å². The van der Waals surface area contributed by atoms with Gasteiger partial charge in [-0.05, 0) is 31.9 Å². The molecule has 2 saturated heterocycles. The third-order valence-electron chi connectivity index (χ3n) is 4.82. The fourth-order valence-corrected chi connectivity index (χ4v) is 3.52. The first kappa shape index (κ1) is 18.4. The van der Waals surface area contributed by atoms with Crippen LogP contribution in [-0.4, -0.2) is 84.4 Å². The third-order valence-corrected chi connectivity index (χ3v) is 4.82. The maximum Gasteiger partial charge on any atom is 0.320 e. The van der Waals surface area contributed by atoms with Crippen molar-refractivity contribution in [3.05, 3.63) is 24.2 Å². The first-order chi connectivity index (χ1) is 12.6. The van der Waals surface area contributed by atoms with E-state index in [9.17, 15) is 14.4 Å². The van der Waals surface area contributed by atoms with Gasteiger partial charge >= 0.3 is 5.97 Å². The molecule has 142 valence electrons. The lowest BCUT2D eigenvalue weighted by Crippen LogP contribution is -2.61. The van der Waals surface area contributed by atoms with Crippen molar-refractivity contribution >= 4 is 17.8 Å². The van der Waals surface area contributed by atoms with Crippen molar-refractivity contribution in [2.45, 2.75) is 25.8 Å². The fourth-order valence-electron chi connectivity index (χ4n) is 3.52. The molecule has 0 spiro atoms. The molecular weight excluding hydrogens is 338 g/mol. The van der Waals surface area contributed by atoms with Crippen LogP contribution in [0.4, 0.5) is 0 Å². The average molecular weight is 363 g/mol. The predicted octanol–water partition coefficient (Wildman–Crippen LogP) is 0.591. The summed E-state index contributed by atoms with van der Waals surface area (Å²) in [6, 6.07) is 2.64. The Kier molecular flexibility index (Phi) is 5.92. The van der Waals surface area contributed by atoms with Crippen LogP contribution in [0.2, 0.25) is 0 Å². The van der Waals surface area contributed by atoms with Crippen LogP contribution in [0.5, 0.6) is 0 Å². The van der Waals surface area contributed by atoms with Gasteiger partial charge in [0.15, 0.2) is 5.76 Å².